The minimum atomic E-state index is -0.802. The Hall–Kier alpha value is -1.36. The van der Waals surface area contributed by atoms with Gasteiger partial charge in [-0.3, -0.25) is 9.48 Å². The lowest BCUT2D eigenvalue weighted by Crippen LogP contribution is -2.40. The van der Waals surface area contributed by atoms with E-state index >= 15 is 0 Å². The van der Waals surface area contributed by atoms with Crippen molar-refractivity contribution >= 4 is 5.97 Å². The summed E-state index contributed by atoms with van der Waals surface area (Å²) >= 11 is 0. The van der Waals surface area contributed by atoms with Crippen molar-refractivity contribution in [2.24, 2.45) is 12.8 Å². The smallest absolute Gasteiger partial charge is 0.304 e. The first-order valence-electron chi connectivity index (χ1n) is 5.52. The van der Waals surface area contributed by atoms with Gasteiger partial charge in [0.1, 0.15) is 0 Å². The fourth-order valence-corrected chi connectivity index (χ4v) is 2.64. The summed E-state index contributed by atoms with van der Waals surface area (Å²) in [6.07, 6.45) is 4.84. The Morgan fingerprint density at radius 3 is 3.12 bits per heavy atom. The molecule has 1 aliphatic carbocycles. The molecule has 1 unspecified atom stereocenters. The van der Waals surface area contributed by atoms with E-state index in [2.05, 4.69) is 5.10 Å². The number of aliphatic carboxylic acids is 1. The SMILES string of the molecule is Cn1cc2c(n1)C(CN)(CC(=O)O)CCC2. The average molecular weight is 223 g/mol. The number of hydrogen-bond donors (Lipinski definition) is 2. The Morgan fingerprint density at radius 1 is 1.75 bits per heavy atom. The average Bonchev–Trinajstić information content (AvgIpc) is 2.59. The second-order valence-corrected chi connectivity index (χ2v) is 4.59. The Bertz CT molecular complexity index is 413. The van der Waals surface area contributed by atoms with E-state index in [0.717, 1.165) is 30.5 Å². The van der Waals surface area contributed by atoms with Crippen LogP contribution in [0.15, 0.2) is 6.20 Å². The molecular weight excluding hydrogens is 206 g/mol. The van der Waals surface area contributed by atoms with Crippen LogP contribution >= 0.6 is 0 Å². The van der Waals surface area contributed by atoms with Crippen molar-refractivity contribution in [2.75, 3.05) is 6.54 Å². The number of hydrogen-bond acceptors (Lipinski definition) is 3. The van der Waals surface area contributed by atoms with E-state index in [1.807, 2.05) is 13.2 Å². The van der Waals surface area contributed by atoms with Crippen LogP contribution in [0.5, 0.6) is 0 Å². The molecule has 16 heavy (non-hydrogen) atoms. The molecule has 0 saturated heterocycles. The van der Waals surface area contributed by atoms with Crippen LogP contribution in [-0.4, -0.2) is 27.4 Å². The zero-order valence-electron chi connectivity index (χ0n) is 9.44. The number of carbonyl (C=O) groups is 1. The number of carboxylic acid groups (broad SMARTS) is 1. The van der Waals surface area contributed by atoms with Gasteiger partial charge in [-0.1, -0.05) is 0 Å². The predicted molar refractivity (Wildman–Crippen MR) is 59.1 cm³/mol. The standard InChI is InChI=1S/C11H17N3O2/c1-14-6-8-3-2-4-11(7-12,5-9(15)16)10(8)13-14/h6H,2-5,7,12H2,1H3,(H,15,16). The maximum atomic E-state index is 11.0. The summed E-state index contributed by atoms with van der Waals surface area (Å²) in [7, 11) is 1.86. The second-order valence-electron chi connectivity index (χ2n) is 4.59. The minimum Gasteiger partial charge on any atom is -0.481 e. The second kappa shape index (κ2) is 3.90. The number of nitrogens with zero attached hydrogens (tertiary/aromatic N) is 2. The molecule has 0 bridgehead atoms. The van der Waals surface area contributed by atoms with Gasteiger partial charge < -0.3 is 10.8 Å². The summed E-state index contributed by atoms with van der Waals surface area (Å²) < 4.78 is 1.75. The van der Waals surface area contributed by atoms with Crippen LogP contribution in [0.2, 0.25) is 0 Å². The van der Waals surface area contributed by atoms with E-state index in [9.17, 15) is 4.79 Å². The predicted octanol–water partition coefficient (Wildman–Crippen LogP) is 0.428. The molecule has 1 aliphatic rings. The summed E-state index contributed by atoms with van der Waals surface area (Å²) in [5.41, 5.74) is 7.39. The van der Waals surface area contributed by atoms with Crippen LogP contribution in [0.3, 0.4) is 0 Å². The van der Waals surface area contributed by atoms with Gasteiger partial charge in [0.25, 0.3) is 0 Å². The Balaban J connectivity index is 2.44. The van der Waals surface area contributed by atoms with Crippen molar-refractivity contribution < 1.29 is 9.90 Å². The molecule has 0 aliphatic heterocycles. The van der Waals surface area contributed by atoms with Crippen LogP contribution in [0.4, 0.5) is 0 Å². The molecule has 0 saturated carbocycles. The Morgan fingerprint density at radius 2 is 2.50 bits per heavy atom. The Labute approximate surface area is 94.2 Å². The zero-order chi connectivity index (χ0) is 11.8. The molecule has 0 fully saturated rings. The lowest BCUT2D eigenvalue weighted by molar-refractivity contribution is -0.138. The molecular formula is C11H17N3O2. The molecule has 5 heteroatoms. The molecule has 3 N–H and O–H groups in total. The number of aryl methyl sites for hydroxylation is 2. The van der Waals surface area contributed by atoms with Gasteiger partial charge in [0.2, 0.25) is 0 Å². The number of nitrogens with two attached hydrogens (primary N) is 1. The first kappa shape index (κ1) is 11.1. The van der Waals surface area contributed by atoms with Crippen molar-refractivity contribution in [1.82, 2.24) is 9.78 Å². The maximum Gasteiger partial charge on any atom is 0.304 e. The topological polar surface area (TPSA) is 81.1 Å². The van der Waals surface area contributed by atoms with E-state index in [-0.39, 0.29) is 6.42 Å². The number of fused-ring (bicyclic) bond motifs is 1. The van der Waals surface area contributed by atoms with E-state index in [4.69, 9.17) is 10.8 Å². The van der Waals surface area contributed by atoms with Crippen molar-refractivity contribution in [3.8, 4) is 0 Å². The van der Waals surface area contributed by atoms with Crippen molar-refractivity contribution in [1.29, 1.82) is 0 Å². The fourth-order valence-electron chi connectivity index (χ4n) is 2.64. The van der Waals surface area contributed by atoms with Crippen molar-refractivity contribution in [3.05, 3.63) is 17.5 Å². The van der Waals surface area contributed by atoms with E-state index in [1.54, 1.807) is 4.68 Å². The van der Waals surface area contributed by atoms with Crippen molar-refractivity contribution in [3.63, 3.8) is 0 Å². The van der Waals surface area contributed by atoms with Crippen LogP contribution in [0.1, 0.15) is 30.5 Å². The van der Waals surface area contributed by atoms with Crippen LogP contribution in [0, 0.1) is 0 Å². The monoisotopic (exact) mass is 223 g/mol. The minimum absolute atomic E-state index is 0.0769. The fraction of sp³-hybridized carbons (Fsp3) is 0.636. The third-order valence-electron chi connectivity index (χ3n) is 3.39. The molecule has 0 radical (unpaired) electrons. The molecule has 0 spiro atoms. The third-order valence-corrected chi connectivity index (χ3v) is 3.39. The highest BCUT2D eigenvalue weighted by atomic mass is 16.4. The van der Waals surface area contributed by atoms with Gasteiger partial charge in [-0.2, -0.15) is 5.10 Å². The summed E-state index contributed by atoms with van der Waals surface area (Å²) in [6.45, 7) is 0.351. The molecule has 1 atom stereocenters. The highest BCUT2D eigenvalue weighted by Crippen LogP contribution is 2.38. The first-order valence-corrected chi connectivity index (χ1v) is 5.52. The molecule has 0 aromatic carbocycles. The summed E-state index contributed by atoms with van der Waals surface area (Å²) in [5, 5.41) is 13.4. The third kappa shape index (κ3) is 1.71. The van der Waals surface area contributed by atoms with Gasteiger partial charge >= 0.3 is 5.97 Å². The number of carboxylic acids is 1. The van der Waals surface area contributed by atoms with Gasteiger partial charge in [0, 0.05) is 25.2 Å². The van der Waals surface area contributed by atoms with Gasteiger partial charge in [-0.15, -0.1) is 0 Å². The molecule has 0 amide bonds. The van der Waals surface area contributed by atoms with Gasteiger partial charge in [-0.25, -0.2) is 0 Å². The van der Waals surface area contributed by atoms with Gasteiger partial charge in [0.15, 0.2) is 0 Å². The van der Waals surface area contributed by atoms with E-state index in [1.165, 1.54) is 0 Å². The summed E-state index contributed by atoms with van der Waals surface area (Å²) in [5.74, 6) is -0.802. The molecule has 1 aromatic heterocycles. The van der Waals surface area contributed by atoms with Crippen LogP contribution < -0.4 is 5.73 Å². The van der Waals surface area contributed by atoms with Crippen LogP contribution in [-0.2, 0) is 23.7 Å². The highest BCUT2D eigenvalue weighted by Gasteiger charge is 2.39. The molecule has 88 valence electrons. The summed E-state index contributed by atoms with van der Waals surface area (Å²) in [4.78, 5) is 11.0. The van der Waals surface area contributed by atoms with E-state index in [0.29, 0.717) is 6.54 Å². The summed E-state index contributed by atoms with van der Waals surface area (Å²) in [6, 6.07) is 0. The largest absolute Gasteiger partial charge is 0.481 e. The van der Waals surface area contributed by atoms with E-state index < -0.39 is 11.4 Å². The van der Waals surface area contributed by atoms with Gasteiger partial charge in [0.05, 0.1) is 12.1 Å². The molecule has 1 heterocycles. The normalized spacial score (nSPS) is 24.1. The maximum absolute atomic E-state index is 11.0. The number of aromatic nitrogens is 2. The zero-order valence-corrected chi connectivity index (χ0v) is 9.44. The van der Waals surface area contributed by atoms with Crippen molar-refractivity contribution in [2.45, 2.75) is 31.1 Å². The first-order chi connectivity index (χ1) is 7.57. The molecule has 2 rings (SSSR count). The highest BCUT2D eigenvalue weighted by molar-refractivity contribution is 5.69. The quantitative estimate of drug-likeness (QED) is 0.778. The Kier molecular flexibility index (Phi) is 2.71. The lowest BCUT2D eigenvalue weighted by Gasteiger charge is -2.33. The van der Waals surface area contributed by atoms with Gasteiger partial charge in [-0.05, 0) is 24.8 Å². The molecule has 5 nitrogen and oxygen atoms in total. The van der Waals surface area contributed by atoms with Crippen LogP contribution in [0.25, 0.3) is 0 Å². The lowest BCUT2D eigenvalue weighted by atomic mass is 9.71. The number of rotatable bonds is 3. The molecule has 1 aromatic rings.